The Hall–Kier alpha value is -4.52. The number of aromatic nitrogens is 1. The monoisotopic (exact) mass is 496 g/mol. The molecule has 1 atom stereocenters. The molecule has 188 valence electrons. The van der Waals surface area contributed by atoms with Crippen LogP contribution in [0.5, 0.6) is 11.5 Å². The van der Waals surface area contributed by atoms with E-state index in [0.29, 0.717) is 23.7 Å². The molecule has 1 fully saturated rings. The predicted molar refractivity (Wildman–Crippen MR) is 141 cm³/mol. The Balaban J connectivity index is 1.65. The first-order chi connectivity index (χ1) is 17.9. The highest BCUT2D eigenvalue weighted by Crippen LogP contribution is 2.43. The van der Waals surface area contributed by atoms with Gasteiger partial charge in [-0.1, -0.05) is 30.3 Å². The molecular formula is C30H28N2O5. The van der Waals surface area contributed by atoms with Crippen LogP contribution in [0.2, 0.25) is 0 Å². The maximum absolute atomic E-state index is 13.5. The van der Waals surface area contributed by atoms with Crippen LogP contribution in [0, 0.1) is 6.92 Å². The van der Waals surface area contributed by atoms with Crippen molar-refractivity contribution in [3.8, 4) is 11.5 Å². The summed E-state index contributed by atoms with van der Waals surface area (Å²) in [5.74, 6) is -0.183. The Kier molecular flexibility index (Phi) is 6.44. The van der Waals surface area contributed by atoms with Crippen molar-refractivity contribution < 1.29 is 24.2 Å². The second-order valence-electron chi connectivity index (χ2n) is 8.98. The first-order valence-electron chi connectivity index (χ1n) is 12.1. The number of carbonyl (C=O) groups excluding carboxylic acids is 2. The topological polar surface area (TPSA) is 91.9 Å². The van der Waals surface area contributed by atoms with E-state index in [9.17, 15) is 14.7 Å². The van der Waals surface area contributed by atoms with Gasteiger partial charge in [0.15, 0.2) is 0 Å². The number of rotatable bonds is 7. The Morgan fingerprint density at radius 3 is 2.51 bits per heavy atom. The number of ether oxygens (including phenoxy) is 2. The smallest absolute Gasteiger partial charge is 0.295 e. The lowest BCUT2D eigenvalue weighted by molar-refractivity contribution is -0.140. The van der Waals surface area contributed by atoms with E-state index < -0.39 is 17.7 Å². The number of hydrogen-bond donors (Lipinski definition) is 2. The number of nitrogens with one attached hydrogen (secondary N) is 1. The van der Waals surface area contributed by atoms with Crippen LogP contribution in [0.15, 0.2) is 78.5 Å². The molecule has 1 aliphatic heterocycles. The van der Waals surface area contributed by atoms with Gasteiger partial charge in [-0.05, 0) is 61.4 Å². The summed E-state index contributed by atoms with van der Waals surface area (Å²) in [6.45, 7) is 4.49. The predicted octanol–water partition coefficient (Wildman–Crippen LogP) is 5.51. The van der Waals surface area contributed by atoms with Crippen molar-refractivity contribution in [3.63, 3.8) is 0 Å². The average molecular weight is 497 g/mol. The van der Waals surface area contributed by atoms with Crippen LogP contribution in [0.25, 0.3) is 16.7 Å². The standard InChI is InChI=1S/C30H28N2O5/c1-4-37-25-14-11-20(15-18(25)2)28(33)26-27(23-16-31-24-8-6-5-7-22(23)24)32(30(35)29(26)34)17-19-9-12-21(36-3)13-10-19/h5-16,27,31,33H,4,17H2,1-3H3/b28-26+. The molecule has 0 bridgehead atoms. The Labute approximate surface area is 214 Å². The van der Waals surface area contributed by atoms with Gasteiger partial charge in [0.2, 0.25) is 0 Å². The number of H-pyrrole nitrogens is 1. The molecule has 4 aromatic rings. The molecule has 1 aliphatic rings. The number of para-hydroxylation sites is 1. The molecule has 1 amide bonds. The van der Waals surface area contributed by atoms with Gasteiger partial charge in [0.05, 0.1) is 25.3 Å². The minimum Gasteiger partial charge on any atom is -0.507 e. The third kappa shape index (κ3) is 4.33. The zero-order chi connectivity index (χ0) is 26.1. The van der Waals surface area contributed by atoms with E-state index in [1.165, 1.54) is 4.90 Å². The van der Waals surface area contributed by atoms with Gasteiger partial charge in [-0.15, -0.1) is 0 Å². The first-order valence-corrected chi connectivity index (χ1v) is 12.1. The van der Waals surface area contributed by atoms with Crippen LogP contribution in [0.3, 0.4) is 0 Å². The fraction of sp³-hybridized carbons (Fsp3) is 0.200. The highest BCUT2D eigenvalue weighted by molar-refractivity contribution is 6.46. The summed E-state index contributed by atoms with van der Waals surface area (Å²) in [4.78, 5) is 31.6. The maximum Gasteiger partial charge on any atom is 0.295 e. The molecule has 1 saturated heterocycles. The molecule has 37 heavy (non-hydrogen) atoms. The summed E-state index contributed by atoms with van der Waals surface area (Å²) in [6, 6.07) is 19.5. The van der Waals surface area contributed by atoms with Crippen molar-refractivity contribution in [3.05, 3.63) is 101 Å². The first kappa shape index (κ1) is 24.2. The minimum absolute atomic E-state index is 0.0619. The quantitative estimate of drug-likeness (QED) is 0.200. The van der Waals surface area contributed by atoms with Gasteiger partial charge in [-0.3, -0.25) is 9.59 Å². The summed E-state index contributed by atoms with van der Waals surface area (Å²) in [5, 5.41) is 12.3. The molecule has 0 saturated carbocycles. The molecule has 7 nitrogen and oxygen atoms in total. The van der Waals surface area contributed by atoms with Gasteiger partial charge in [-0.25, -0.2) is 0 Å². The van der Waals surface area contributed by atoms with Crippen molar-refractivity contribution in [2.24, 2.45) is 0 Å². The number of likely N-dealkylation sites (tertiary alicyclic amines) is 1. The maximum atomic E-state index is 13.5. The van der Waals surface area contributed by atoms with Gasteiger partial charge >= 0.3 is 0 Å². The van der Waals surface area contributed by atoms with Gasteiger partial charge in [0, 0.05) is 34.8 Å². The number of ketones is 1. The van der Waals surface area contributed by atoms with Crippen molar-refractivity contribution in [1.29, 1.82) is 0 Å². The molecular weight excluding hydrogens is 468 g/mol. The number of methoxy groups -OCH3 is 1. The minimum atomic E-state index is -0.773. The van der Waals surface area contributed by atoms with Crippen molar-refractivity contribution in [2.75, 3.05) is 13.7 Å². The number of amides is 1. The largest absolute Gasteiger partial charge is 0.507 e. The fourth-order valence-corrected chi connectivity index (χ4v) is 4.88. The summed E-state index contributed by atoms with van der Waals surface area (Å²) in [5.41, 5.74) is 3.79. The lowest BCUT2D eigenvalue weighted by atomic mass is 9.94. The van der Waals surface area contributed by atoms with E-state index in [0.717, 1.165) is 27.6 Å². The second kappa shape index (κ2) is 9.85. The van der Waals surface area contributed by atoms with Gasteiger partial charge < -0.3 is 24.5 Å². The Morgan fingerprint density at radius 1 is 1.05 bits per heavy atom. The van der Waals surface area contributed by atoms with Crippen LogP contribution in [-0.2, 0) is 16.1 Å². The van der Waals surface area contributed by atoms with Crippen LogP contribution >= 0.6 is 0 Å². The third-order valence-electron chi connectivity index (χ3n) is 6.72. The Morgan fingerprint density at radius 2 is 1.81 bits per heavy atom. The molecule has 3 aromatic carbocycles. The molecule has 1 aromatic heterocycles. The van der Waals surface area contributed by atoms with E-state index in [2.05, 4.69) is 4.98 Å². The van der Waals surface area contributed by atoms with E-state index in [4.69, 9.17) is 9.47 Å². The van der Waals surface area contributed by atoms with Crippen LogP contribution in [-0.4, -0.2) is 40.4 Å². The van der Waals surface area contributed by atoms with Crippen molar-refractivity contribution in [2.45, 2.75) is 26.4 Å². The highest BCUT2D eigenvalue weighted by Gasteiger charge is 2.46. The van der Waals surface area contributed by atoms with E-state index in [-0.39, 0.29) is 17.9 Å². The average Bonchev–Trinajstić information content (AvgIpc) is 3.44. The molecule has 2 N–H and O–H groups in total. The summed E-state index contributed by atoms with van der Waals surface area (Å²) in [6.07, 6.45) is 1.80. The lowest BCUT2D eigenvalue weighted by Crippen LogP contribution is -2.29. The molecule has 7 heteroatoms. The van der Waals surface area contributed by atoms with Gasteiger partial charge in [-0.2, -0.15) is 0 Å². The summed E-state index contributed by atoms with van der Waals surface area (Å²) < 4.78 is 10.9. The third-order valence-corrected chi connectivity index (χ3v) is 6.72. The molecule has 0 aliphatic carbocycles. The van der Waals surface area contributed by atoms with Crippen LogP contribution < -0.4 is 9.47 Å². The van der Waals surface area contributed by atoms with E-state index in [1.807, 2.05) is 62.4 Å². The van der Waals surface area contributed by atoms with Gasteiger partial charge in [0.1, 0.15) is 17.3 Å². The van der Waals surface area contributed by atoms with Crippen LogP contribution in [0.1, 0.15) is 35.2 Å². The van der Waals surface area contributed by atoms with Crippen LogP contribution in [0.4, 0.5) is 0 Å². The normalized spacial score (nSPS) is 16.9. The number of aromatic amines is 1. The number of carbonyl (C=O) groups is 2. The summed E-state index contributed by atoms with van der Waals surface area (Å²) in [7, 11) is 1.59. The second-order valence-corrected chi connectivity index (χ2v) is 8.98. The zero-order valence-electron chi connectivity index (χ0n) is 20.9. The number of fused-ring (bicyclic) bond motifs is 1. The Bertz CT molecular complexity index is 1520. The lowest BCUT2D eigenvalue weighted by Gasteiger charge is -2.25. The number of nitrogens with zero attached hydrogens (tertiary/aromatic N) is 1. The number of aliphatic hydroxyl groups excluding tert-OH is 1. The number of Topliss-reactive ketones (excluding diaryl/α,β-unsaturated/α-hetero) is 1. The number of aryl methyl sites for hydroxylation is 1. The summed E-state index contributed by atoms with van der Waals surface area (Å²) >= 11 is 0. The zero-order valence-corrected chi connectivity index (χ0v) is 20.9. The van der Waals surface area contributed by atoms with Crippen molar-refractivity contribution >= 4 is 28.4 Å². The molecule has 5 rings (SSSR count). The molecule has 1 unspecified atom stereocenters. The van der Waals surface area contributed by atoms with Crippen molar-refractivity contribution in [1.82, 2.24) is 9.88 Å². The highest BCUT2D eigenvalue weighted by atomic mass is 16.5. The number of benzene rings is 3. The number of aliphatic hydroxyl groups is 1. The number of hydrogen-bond acceptors (Lipinski definition) is 5. The molecule has 2 heterocycles. The van der Waals surface area contributed by atoms with E-state index >= 15 is 0 Å². The molecule has 0 radical (unpaired) electrons. The van der Waals surface area contributed by atoms with E-state index in [1.54, 1.807) is 31.5 Å². The molecule has 0 spiro atoms. The van der Waals surface area contributed by atoms with Gasteiger partial charge in [0.25, 0.3) is 11.7 Å². The SMILES string of the molecule is CCOc1ccc(/C(O)=C2\C(=O)C(=O)N(Cc3ccc(OC)cc3)C2c2c[nH]c3ccccc23)cc1C. The fourth-order valence-electron chi connectivity index (χ4n) is 4.88.